The molecule has 20 heavy (non-hydrogen) atoms. The molecule has 0 radical (unpaired) electrons. The molecule has 3 nitrogen and oxygen atoms in total. The van der Waals surface area contributed by atoms with E-state index >= 15 is 0 Å². The Kier molecular flexibility index (Phi) is 5.26. The number of ketones is 1. The van der Waals surface area contributed by atoms with Crippen LogP contribution >= 0.6 is 0 Å². The molecule has 0 amide bonds. The van der Waals surface area contributed by atoms with Gasteiger partial charge in [-0.05, 0) is 25.0 Å². The van der Waals surface area contributed by atoms with Crippen LogP contribution in [-0.2, 0) is 4.74 Å². The van der Waals surface area contributed by atoms with Crippen molar-refractivity contribution in [3.63, 3.8) is 0 Å². The first kappa shape index (κ1) is 15.1. The first-order valence-electron chi connectivity index (χ1n) is 7.15. The van der Waals surface area contributed by atoms with Crippen molar-refractivity contribution in [1.29, 1.82) is 0 Å². The maximum absolute atomic E-state index is 13.7. The van der Waals surface area contributed by atoms with E-state index < -0.39 is 5.82 Å². The fraction of sp³-hybridized carbons (Fsp3) is 0.562. The van der Waals surface area contributed by atoms with Gasteiger partial charge < -0.3 is 4.74 Å². The summed E-state index contributed by atoms with van der Waals surface area (Å²) in [5, 5.41) is 0. The maximum atomic E-state index is 13.7. The number of hydrogen-bond donors (Lipinski definition) is 0. The second-order valence-electron chi connectivity index (χ2n) is 5.46. The minimum Gasteiger partial charge on any atom is -0.383 e. The monoisotopic (exact) mass is 279 g/mol. The summed E-state index contributed by atoms with van der Waals surface area (Å²) in [7, 11) is 1.68. The predicted octanol–water partition coefficient (Wildman–Crippen LogP) is 2.76. The molecule has 1 fully saturated rings. The Labute approximate surface area is 119 Å². The molecule has 0 heterocycles. The van der Waals surface area contributed by atoms with E-state index in [1.54, 1.807) is 25.3 Å². The van der Waals surface area contributed by atoms with Crippen molar-refractivity contribution < 1.29 is 13.9 Å². The van der Waals surface area contributed by atoms with E-state index in [1.165, 1.54) is 18.9 Å². The van der Waals surface area contributed by atoms with Gasteiger partial charge in [0.05, 0.1) is 12.2 Å². The van der Waals surface area contributed by atoms with E-state index in [0.29, 0.717) is 19.2 Å². The molecule has 1 atom stereocenters. The number of methoxy groups -OCH3 is 1. The van der Waals surface area contributed by atoms with E-state index in [-0.39, 0.29) is 17.3 Å². The molecular formula is C16H22FNO2. The van der Waals surface area contributed by atoms with E-state index in [2.05, 4.69) is 4.90 Å². The highest BCUT2D eigenvalue weighted by Crippen LogP contribution is 2.27. The van der Waals surface area contributed by atoms with Crippen LogP contribution in [0.1, 0.15) is 30.1 Å². The number of carbonyl (C=O) groups excluding carboxylic acids is 1. The summed E-state index contributed by atoms with van der Waals surface area (Å²) >= 11 is 0. The van der Waals surface area contributed by atoms with Crippen LogP contribution < -0.4 is 0 Å². The summed E-state index contributed by atoms with van der Waals surface area (Å²) in [6, 6.07) is 6.77. The molecule has 1 unspecified atom stereocenters. The Morgan fingerprint density at radius 1 is 1.45 bits per heavy atom. The number of Topliss-reactive ketones (excluding diaryl/α,β-unsaturated/α-hetero) is 1. The van der Waals surface area contributed by atoms with Gasteiger partial charge >= 0.3 is 0 Å². The summed E-state index contributed by atoms with van der Waals surface area (Å²) in [6.45, 7) is 4.03. The van der Waals surface area contributed by atoms with Gasteiger partial charge in [0.2, 0.25) is 0 Å². The first-order chi connectivity index (χ1) is 9.63. The lowest BCUT2D eigenvalue weighted by Crippen LogP contribution is -2.36. The number of nitrogens with zero attached hydrogens (tertiary/aromatic N) is 1. The lowest BCUT2D eigenvalue weighted by atomic mass is 9.98. The quantitative estimate of drug-likeness (QED) is 0.685. The zero-order valence-corrected chi connectivity index (χ0v) is 12.1. The molecule has 2 rings (SSSR count). The van der Waals surface area contributed by atoms with E-state index in [1.807, 2.05) is 6.92 Å². The van der Waals surface area contributed by atoms with Crippen LogP contribution in [0.3, 0.4) is 0 Å². The maximum Gasteiger partial charge on any atom is 0.169 e. The number of halogens is 1. The van der Waals surface area contributed by atoms with Crippen LogP contribution in [0, 0.1) is 11.7 Å². The Balaban J connectivity index is 1.97. The molecule has 0 saturated heterocycles. The molecule has 1 aliphatic rings. The van der Waals surface area contributed by atoms with Crippen LogP contribution in [0.5, 0.6) is 0 Å². The van der Waals surface area contributed by atoms with Crippen molar-refractivity contribution in [2.75, 3.05) is 26.8 Å². The lowest BCUT2D eigenvalue weighted by molar-refractivity contribution is 0.0857. The predicted molar refractivity (Wildman–Crippen MR) is 76.4 cm³/mol. The van der Waals surface area contributed by atoms with Gasteiger partial charge in [0, 0.05) is 32.2 Å². The SMILES string of the molecule is COCCN(CC(C)C(=O)c1ccccc1F)C1CC1. The highest BCUT2D eigenvalue weighted by atomic mass is 19.1. The topological polar surface area (TPSA) is 29.5 Å². The third-order valence-electron chi connectivity index (χ3n) is 3.74. The zero-order valence-electron chi connectivity index (χ0n) is 12.1. The van der Waals surface area contributed by atoms with E-state index in [9.17, 15) is 9.18 Å². The van der Waals surface area contributed by atoms with E-state index in [4.69, 9.17) is 4.74 Å². The highest BCUT2D eigenvalue weighted by molar-refractivity contribution is 5.98. The third-order valence-corrected chi connectivity index (χ3v) is 3.74. The fourth-order valence-electron chi connectivity index (χ4n) is 2.43. The minimum absolute atomic E-state index is 0.119. The summed E-state index contributed by atoms with van der Waals surface area (Å²) in [6.07, 6.45) is 2.37. The highest BCUT2D eigenvalue weighted by Gasteiger charge is 2.31. The van der Waals surface area contributed by atoms with Crippen molar-refractivity contribution in [2.24, 2.45) is 5.92 Å². The Hall–Kier alpha value is -1.26. The van der Waals surface area contributed by atoms with Crippen LogP contribution in [0.25, 0.3) is 0 Å². The normalized spacial score (nSPS) is 16.4. The smallest absolute Gasteiger partial charge is 0.169 e. The molecule has 0 N–H and O–H groups in total. The summed E-state index contributed by atoms with van der Waals surface area (Å²) in [5.41, 5.74) is 0.197. The number of hydrogen-bond acceptors (Lipinski definition) is 3. The molecule has 0 spiro atoms. The van der Waals surface area contributed by atoms with Crippen LogP contribution in [0.2, 0.25) is 0 Å². The molecule has 1 saturated carbocycles. The average molecular weight is 279 g/mol. The standard InChI is InChI=1S/C16H22FNO2/c1-12(11-18(9-10-20-2)13-7-8-13)16(19)14-5-3-4-6-15(14)17/h3-6,12-13H,7-11H2,1-2H3. The third kappa shape index (κ3) is 3.87. The number of carbonyl (C=O) groups is 1. The van der Waals surface area contributed by atoms with Gasteiger partial charge in [-0.2, -0.15) is 0 Å². The van der Waals surface area contributed by atoms with Gasteiger partial charge in [0.1, 0.15) is 5.82 Å². The summed E-state index contributed by atoms with van der Waals surface area (Å²) in [5.74, 6) is -0.755. The Bertz CT molecular complexity index is 460. The Morgan fingerprint density at radius 2 is 2.15 bits per heavy atom. The second-order valence-corrected chi connectivity index (χ2v) is 5.46. The number of benzene rings is 1. The number of rotatable bonds is 8. The first-order valence-corrected chi connectivity index (χ1v) is 7.15. The van der Waals surface area contributed by atoms with Crippen molar-refractivity contribution in [3.05, 3.63) is 35.6 Å². The Morgan fingerprint density at radius 3 is 2.75 bits per heavy atom. The lowest BCUT2D eigenvalue weighted by Gasteiger charge is -2.24. The number of ether oxygens (including phenoxy) is 1. The van der Waals surface area contributed by atoms with Gasteiger partial charge in [-0.15, -0.1) is 0 Å². The van der Waals surface area contributed by atoms with Crippen molar-refractivity contribution in [2.45, 2.75) is 25.8 Å². The molecule has 4 heteroatoms. The molecule has 0 aromatic heterocycles. The van der Waals surface area contributed by atoms with Crippen LogP contribution in [0.15, 0.2) is 24.3 Å². The second kappa shape index (κ2) is 6.95. The summed E-state index contributed by atoms with van der Waals surface area (Å²) in [4.78, 5) is 14.6. The molecule has 0 bridgehead atoms. The molecule has 110 valence electrons. The van der Waals surface area contributed by atoms with Crippen LogP contribution in [-0.4, -0.2) is 43.5 Å². The zero-order chi connectivity index (χ0) is 14.5. The van der Waals surface area contributed by atoms with Crippen molar-refractivity contribution >= 4 is 5.78 Å². The molecular weight excluding hydrogens is 257 g/mol. The molecule has 1 aromatic carbocycles. The van der Waals surface area contributed by atoms with Crippen molar-refractivity contribution in [1.82, 2.24) is 4.90 Å². The minimum atomic E-state index is -0.431. The van der Waals surface area contributed by atoms with E-state index in [0.717, 1.165) is 6.54 Å². The van der Waals surface area contributed by atoms with Crippen LogP contribution in [0.4, 0.5) is 4.39 Å². The van der Waals surface area contributed by atoms with Crippen molar-refractivity contribution in [3.8, 4) is 0 Å². The summed E-state index contributed by atoms with van der Waals surface area (Å²) < 4.78 is 18.8. The van der Waals surface area contributed by atoms with Gasteiger partial charge in [0.15, 0.2) is 5.78 Å². The van der Waals surface area contributed by atoms with Gasteiger partial charge in [0.25, 0.3) is 0 Å². The van der Waals surface area contributed by atoms with Gasteiger partial charge in [-0.25, -0.2) is 4.39 Å². The average Bonchev–Trinajstić information content (AvgIpc) is 3.27. The van der Waals surface area contributed by atoms with Gasteiger partial charge in [-0.1, -0.05) is 19.1 Å². The largest absolute Gasteiger partial charge is 0.383 e. The molecule has 1 aliphatic carbocycles. The molecule has 0 aliphatic heterocycles. The molecule has 1 aromatic rings. The fourth-order valence-corrected chi connectivity index (χ4v) is 2.43. The van der Waals surface area contributed by atoms with Gasteiger partial charge in [-0.3, -0.25) is 9.69 Å².